The number of esters is 2. The number of hydrogen-bond acceptors (Lipinski definition) is 7. The first-order valence-electron chi connectivity index (χ1n) is 8.99. The summed E-state index contributed by atoms with van der Waals surface area (Å²) in [5, 5.41) is 2.51. The van der Waals surface area contributed by atoms with Gasteiger partial charge in [-0.25, -0.2) is 18.0 Å². The normalized spacial score (nSPS) is 11.1. The van der Waals surface area contributed by atoms with Gasteiger partial charge in [0.05, 0.1) is 36.8 Å². The third kappa shape index (κ3) is 6.12. The van der Waals surface area contributed by atoms with Gasteiger partial charge in [0.25, 0.3) is 0 Å². The highest BCUT2D eigenvalue weighted by Crippen LogP contribution is 2.20. The van der Waals surface area contributed by atoms with Crippen LogP contribution in [-0.4, -0.2) is 57.9 Å². The van der Waals surface area contributed by atoms with Crippen LogP contribution in [0.15, 0.2) is 51.8 Å². The minimum absolute atomic E-state index is 0.0236. The van der Waals surface area contributed by atoms with Gasteiger partial charge in [0, 0.05) is 16.7 Å². The number of hydrogen-bond donors (Lipinski definition) is 1. The summed E-state index contributed by atoms with van der Waals surface area (Å²) in [6.45, 7) is 1.20. The Balaban J connectivity index is 2.26. The number of halogens is 1. The van der Waals surface area contributed by atoms with Gasteiger partial charge >= 0.3 is 11.9 Å². The largest absolute Gasteiger partial charge is 0.465 e. The molecule has 0 aliphatic rings. The summed E-state index contributed by atoms with van der Waals surface area (Å²) >= 11 is 3.25. The molecular formula is C20H21BrN2O7S. The molecule has 31 heavy (non-hydrogen) atoms. The van der Waals surface area contributed by atoms with Gasteiger partial charge in [-0.1, -0.05) is 22.9 Å². The average Bonchev–Trinajstić information content (AvgIpc) is 2.76. The fourth-order valence-electron chi connectivity index (χ4n) is 2.65. The Labute approximate surface area is 188 Å². The molecule has 0 aliphatic heterocycles. The van der Waals surface area contributed by atoms with Crippen LogP contribution in [0.3, 0.4) is 0 Å². The van der Waals surface area contributed by atoms with Crippen molar-refractivity contribution in [1.29, 1.82) is 0 Å². The van der Waals surface area contributed by atoms with Crippen LogP contribution in [0.5, 0.6) is 0 Å². The van der Waals surface area contributed by atoms with E-state index in [1.165, 1.54) is 44.6 Å². The molecule has 0 unspecified atom stereocenters. The number of sulfonamides is 1. The van der Waals surface area contributed by atoms with Crippen molar-refractivity contribution in [3.8, 4) is 0 Å². The van der Waals surface area contributed by atoms with Crippen LogP contribution in [0.2, 0.25) is 0 Å². The molecule has 0 atom stereocenters. The van der Waals surface area contributed by atoms with E-state index in [1.54, 1.807) is 19.1 Å². The molecule has 1 amide bonds. The summed E-state index contributed by atoms with van der Waals surface area (Å²) in [6, 6.07) is 9.95. The molecule has 0 radical (unpaired) electrons. The van der Waals surface area contributed by atoms with E-state index in [4.69, 9.17) is 0 Å². The number of amides is 1. The lowest BCUT2D eigenvalue weighted by atomic mass is 10.1. The van der Waals surface area contributed by atoms with Crippen LogP contribution >= 0.6 is 15.9 Å². The summed E-state index contributed by atoms with van der Waals surface area (Å²) in [5.74, 6) is -2.08. The lowest BCUT2D eigenvalue weighted by Crippen LogP contribution is -2.37. The van der Waals surface area contributed by atoms with Crippen molar-refractivity contribution in [3.05, 3.63) is 58.1 Å². The molecule has 2 aromatic rings. The number of nitrogens with zero attached hydrogens (tertiary/aromatic N) is 1. The summed E-state index contributed by atoms with van der Waals surface area (Å²) in [4.78, 5) is 36.4. The Bertz CT molecular complexity index is 1050. The SMILES string of the molecule is CCN(CC(=O)Nc1cc(C(=O)OC)cc(C(=O)OC)c1)S(=O)(=O)c1ccc(Br)cc1. The first-order valence-corrected chi connectivity index (χ1v) is 11.2. The molecule has 0 fully saturated rings. The van der Waals surface area contributed by atoms with E-state index >= 15 is 0 Å². The monoisotopic (exact) mass is 512 g/mol. The Morgan fingerprint density at radius 1 is 0.968 bits per heavy atom. The average molecular weight is 513 g/mol. The fraction of sp³-hybridized carbons (Fsp3) is 0.250. The van der Waals surface area contributed by atoms with Crippen molar-refractivity contribution in [3.63, 3.8) is 0 Å². The van der Waals surface area contributed by atoms with Crippen molar-refractivity contribution in [2.75, 3.05) is 32.6 Å². The smallest absolute Gasteiger partial charge is 0.337 e. The third-order valence-electron chi connectivity index (χ3n) is 4.18. The van der Waals surface area contributed by atoms with E-state index in [0.717, 1.165) is 8.78 Å². The van der Waals surface area contributed by atoms with Crippen LogP contribution in [-0.2, 0) is 24.3 Å². The second-order valence-corrected chi connectivity index (χ2v) is 9.07. The minimum Gasteiger partial charge on any atom is -0.465 e. The van der Waals surface area contributed by atoms with Gasteiger partial charge in [0.15, 0.2) is 0 Å². The quantitative estimate of drug-likeness (QED) is 0.539. The van der Waals surface area contributed by atoms with Crippen molar-refractivity contribution in [2.45, 2.75) is 11.8 Å². The summed E-state index contributed by atoms with van der Waals surface area (Å²) < 4.78 is 36.7. The van der Waals surface area contributed by atoms with Crippen LogP contribution in [0, 0.1) is 0 Å². The standard InChI is InChI=1S/C20H21BrN2O7S/c1-4-23(31(27,28)17-7-5-15(21)6-8-17)12-18(24)22-16-10-13(19(25)29-2)9-14(11-16)20(26)30-3/h5-11H,4,12H2,1-3H3,(H,22,24). The van der Waals surface area contributed by atoms with Crippen LogP contribution in [0.1, 0.15) is 27.6 Å². The number of carbonyl (C=O) groups is 3. The van der Waals surface area contributed by atoms with Crippen molar-refractivity contribution in [2.24, 2.45) is 0 Å². The highest BCUT2D eigenvalue weighted by molar-refractivity contribution is 9.10. The fourth-order valence-corrected chi connectivity index (χ4v) is 4.32. The zero-order valence-corrected chi connectivity index (χ0v) is 19.4. The molecule has 0 saturated heterocycles. The number of methoxy groups -OCH3 is 2. The molecule has 0 saturated carbocycles. The van der Waals surface area contributed by atoms with Crippen LogP contribution in [0.4, 0.5) is 5.69 Å². The van der Waals surface area contributed by atoms with Gasteiger partial charge in [0.1, 0.15) is 0 Å². The molecule has 9 nitrogen and oxygen atoms in total. The van der Waals surface area contributed by atoms with Gasteiger partial charge in [-0.3, -0.25) is 4.79 Å². The number of ether oxygens (including phenoxy) is 2. The second-order valence-electron chi connectivity index (χ2n) is 6.22. The number of benzene rings is 2. The molecule has 2 rings (SSSR count). The first kappa shape index (κ1) is 24.5. The van der Waals surface area contributed by atoms with Crippen molar-refractivity contribution >= 4 is 49.5 Å². The third-order valence-corrected chi connectivity index (χ3v) is 6.65. The Morgan fingerprint density at radius 2 is 1.48 bits per heavy atom. The number of anilines is 1. The Hall–Kier alpha value is -2.76. The predicted octanol–water partition coefficient (Wildman–Crippen LogP) is 2.67. The van der Waals surface area contributed by atoms with Crippen LogP contribution < -0.4 is 5.32 Å². The van der Waals surface area contributed by atoms with E-state index < -0.39 is 34.4 Å². The van der Waals surface area contributed by atoms with Gasteiger partial charge in [-0.2, -0.15) is 4.31 Å². The lowest BCUT2D eigenvalue weighted by Gasteiger charge is -2.20. The summed E-state index contributed by atoms with van der Waals surface area (Å²) in [7, 11) is -1.55. The Kier molecular flexibility index (Phi) is 8.31. The highest BCUT2D eigenvalue weighted by atomic mass is 79.9. The second kappa shape index (κ2) is 10.5. The number of rotatable bonds is 8. The van der Waals surface area contributed by atoms with Crippen LogP contribution in [0.25, 0.3) is 0 Å². The predicted molar refractivity (Wildman–Crippen MR) is 116 cm³/mol. The Morgan fingerprint density at radius 3 is 1.94 bits per heavy atom. The molecule has 2 aromatic carbocycles. The molecule has 11 heteroatoms. The lowest BCUT2D eigenvalue weighted by molar-refractivity contribution is -0.116. The maximum Gasteiger partial charge on any atom is 0.337 e. The number of nitrogens with one attached hydrogen (secondary N) is 1. The molecule has 0 spiro atoms. The zero-order chi connectivity index (χ0) is 23.2. The summed E-state index contributed by atoms with van der Waals surface area (Å²) in [6.07, 6.45) is 0. The molecule has 166 valence electrons. The van der Waals surface area contributed by atoms with Gasteiger partial charge in [0.2, 0.25) is 15.9 Å². The molecule has 0 aromatic heterocycles. The molecule has 1 N–H and O–H groups in total. The summed E-state index contributed by atoms with van der Waals surface area (Å²) in [5.41, 5.74) is 0.163. The molecular weight excluding hydrogens is 492 g/mol. The van der Waals surface area contributed by atoms with E-state index in [2.05, 4.69) is 30.7 Å². The zero-order valence-electron chi connectivity index (χ0n) is 17.0. The maximum atomic E-state index is 12.8. The number of carbonyl (C=O) groups excluding carboxylic acids is 3. The molecule has 0 heterocycles. The highest BCUT2D eigenvalue weighted by Gasteiger charge is 2.25. The van der Waals surface area contributed by atoms with Gasteiger partial charge in [-0.15, -0.1) is 0 Å². The molecule has 0 bridgehead atoms. The topological polar surface area (TPSA) is 119 Å². The van der Waals surface area contributed by atoms with Gasteiger partial charge < -0.3 is 14.8 Å². The first-order chi connectivity index (χ1) is 14.6. The van der Waals surface area contributed by atoms with Gasteiger partial charge in [-0.05, 0) is 42.5 Å². The van der Waals surface area contributed by atoms with E-state index in [1.807, 2.05) is 0 Å². The maximum absolute atomic E-state index is 12.8. The van der Waals surface area contributed by atoms with E-state index in [0.29, 0.717) is 0 Å². The van der Waals surface area contributed by atoms with Crippen molar-refractivity contribution < 1.29 is 32.3 Å². The van der Waals surface area contributed by atoms with Crippen molar-refractivity contribution in [1.82, 2.24) is 4.31 Å². The molecule has 0 aliphatic carbocycles. The number of likely N-dealkylation sites (N-methyl/N-ethyl adjacent to an activating group) is 1. The van der Waals surface area contributed by atoms with E-state index in [-0.39, 0.29) is 28.3 Å². The minimum atomic E-state index is -3.90. The van der Waals surface area contributed by atoms with E-state index in [9.17, 15) is 22.8 Å².